The van der Waals surface area contributed by atoms with Gasteiger partial charge in [0.05, 0.1) is 0 Å². The van der Waals surface area contributed by atoms with Crippen LogP contribution in [0.1, 0.15) is 95.0 Å². The van der Waals surface area contributed by atoms with Gasteiger partial charge in [-0.15, -0.1) is 0 Å². The first-order valence-corrected chi connectivity index (χ1v) is 17.3. The van der Waals surface area contributed by atoms with Crippen molar-refractivity contribution in [2.75, 3.05) is 0 Å². The van der Waals surface area contributed by atoms with Crippen LogP contribution < -0.4 is 0 Å². The Labute approximate surface area is 260 Å². The molecule has 10 rings (SSSR count). The van der Waals surface area contributed by atoms with Crippen molar-refractivity contribution in [1.29, 1.82) is 0 Å². The number of carbonyl (C=O) groups excluding carboxylic acids is 1. The highest BCUT2D eigenvalue weighted by molar-refractivity contribution is 6.08. The van der Waals surface area contributed by atoms with Crippen LogP contribution in [-0.2, 0) is 14.3 Å². The van der Waals surface area contributed by atoms with Crippen molar-refractivity contribution < 1.29 is 14.3 Å². The van der Waals surface area contributed by atoms with E-state index >= 15 is 0 Å². The molecule has 3 heteroatoms. The lowest BCUT2D eigenvalue weighted by Gasteiger charge is -2.61. The summed E-state index contributed by atoms with van der Waals surface area (Å²) < 4.78 is 14.6. The SMILES string of the molecule is C[C@]12CCC3(C[C@@H]1CC[C@@H]1[C@@H]2CC[C@]2(C)C(=O)CC[C@@H]12)O[C@H]1c2ccc4ccccc4c2-c2c(ccc4ccccc24)[C@@H]1O3. The van der Waals surface area contributed by atoms with Crippen molar-refractivity contribution in [3.8, 4) is 11.1 Å². The molecule has 44 heavy (non-hydrogen) atoms. The maximum Gasteiger partial charge on any atom is 0.170 e. The van der Waals surface area contributed by atoms with Gasteiger partial charge in [0.25, 0.3) is 0 Å². The van der Waals surface area contributed by atoms with Gasteiger partial charge in [-0.05, 0) is 111 Å². The number of Topliss-reactive ketones (excluding diaryl/α,β-unsaturated/α-hetero) is 1. The molecule has 1 heterocycles. The van der Waals surface area contributed by atoms with E-state index in [4.69, 9.17) is 9.47 Å². The molecular weight excluding hydrogens is 540 g/mol. The maximum atomic E-state index is 12.9. The molecule has 0 aromatic heterocycles. The fourth-order valence-electron chi connectivity index (χ4n) is 11.9. The summed E-state index contributed by atoms with van der Waals surface area (Å²) in [4.78, 5) is 12.9. The molecule has 4 aromatic carbocycles. The average molecular weight is 583 g/mol. The van der Waals surface area contributed by atoms with Gasteiger partial charge in [-0.25, -0.2) is 0 Å². The molecule has 4 saturated carbocycles. The van der Waals surface area contributed by atoms with E-state index < -0.39 is 5.79 Å². The molecule has 3 nitrogen and oxygen atoms in total. The van der Waals surface area contributed by atoms with E-state index in [1.807, 2.05) is 0 Å². The lowest BCUT2D eigenvalue weighted by atomic mass is 9.45. The predicted octanol–water partition coefficient (Wildman–Crippen LogP) is 10.1. The van der Waals surface area contributed by atoms with Crippen molar-refractivity contribution in [1.82, 2.24) is 0 Å². The minimum atomic E-state index is -0.533. The van der Waals surface area contributed by atoms with Crippen molar-refractivity contribution in [2.24, 2.45) is 34.5 Å². The predicted molar refractivity (Wildman–Crippen MR) is 174 cm³/mol. The molecule has 0 amide bonds. The van der Waals surface area contributed by atoms with Crippen molar-refractivity contribution >= 4 is 27.3 Å². The molecule has 0 unspecified atom stereocenters. The third kappa shape index (κ3) is 3.28. The van der Waals surface area contributed by atoms with Gasteiger partial charge < -0.3 is 9.47 Å². The second-order valence-corrected chi connectivity index (χ2v) is 15.8. The normalized spacial score (nSPS) is 40.3. The fourth-order valence-corrected chi connectivity index (χ4v) is 11.9. The van der Waals surface area contributed by atoms with Crippen molar-refractivity contribution in [3.05, 3.63) is 83.9 Å². The number of fused-ring (bicyclic) bond motifs is 15. The fraction of sp³-hybridized carbons (Fsp3) is 0.488. The number of rotatable bonds is 0. The van der Waals surface area contributed by atoms with Gasteiger partial charge in [-0.1, -0.05) is 86.6 Å². The minimum absolute atomic E-state index is 0.0528. The van der Waals surface area contributed by atoms with Gasteiger partial charge in [-0.2, -0.15) is 0 Å². The molecular formula is C41H42O3. The topological polar surface area (TPSA) is 35.5 Å². The van der Waals surface area contributed by atoms with E-state index in [0.717, 1.165) is 44.4 Å². The van der Waals surface area contributed by atoms with E-state index in [9.17, 15) is 4.79 Å². The summed E-state index contributed by atoms with van der Waals surface area (Å²) in [6.45, 7) is 4.91. The van der Waals surface area contributed by atoms with E-state index in [1.165, 1.54) is 63.1 Å². The van der Waals surface area contributed by atoms with Gasteiger partial charge in [0.1, 0.15) is 18.0 Å². The third-order valence-corrected chi connectivity index (χ3v) is 14.1. The number of ether oxygens (including phenoxy) is 2. The maximum absolute atomic E-state index is 12.9. The van der Waals surface area contributed by atoms with Gasteiger partial charge >= 0.3 is 0 Å². The third-order valence-electron chi connectivity index (χ3n) is 14.1. The molecule has 5 aliphatic carbocycles. The lowest BCUT2D eigenvalue weighted by Crippen LogP contribution is -2.56. The zero-order chi connectivity index (χ0) is 29.4. The van der Waals surface area contributed by atoms with Crippen molar-refractivity contribution in [2.45, 2.75) is 89.6 Å². The second kappa shape index (κ2) is 8.83. The number of hydrogen-bond acceptors (Lipinski definition) is 3. The first-order valence-electron chi connectivity index (χ1n) is 17.3. The first kappa shape index (κ1) is 26.2. The molecule has 4 aromatic rings. The Morgan fingerprint density at radius 1 is 0.659 bits per heavy atom. The molecule has 0 N–H and O–H groups in total. The van der Waals surface area contributed by atoms with Crippen molar-refractivity contribution in [3.63, 3.8) is 0 Å². The highest BCUT2D eigenvalue weighted by atomic mass is 16.8. The van der Waals surface area contributed by atoms with Crippen LogP contribution in [0, 0.1) is 34.5 Å². The molecule has 6 aliphatic rings. The molecule has 0 bridgehead atoms. The van der Waals surface area contributed by atoms with E-state index in [2.05, 4.69) is 86.6 Å². The van der Waals surface area contributed by atoms with Crippen LogP contribution in [0.2, 0.25) is 0 Å². The van der Waals surface area contributed by atoms with Crippen LogP contribution in [0.4, 0.5) is 0 Å². The van der Waals surface area contributed by atoms with Gasteiger partial charge in [0.2, 0.25) is 0 Å². The first-order chi connectivity index (χ1) is 21.4. The average Bonchev–Trinajstić information content (AvgIpc) is 3.58. The largest absolute Gasteiger partial charge is 0.339 e. The van der Waals surface area contributed by atoms with Gasteiger partial charge in [0.15, 0.2) is 5.79 Å². The molecule has 5 fully saturated rings. The van der Waals surface area contributed by atoms with Crippen LogP contribution in [0.5, 0.6) is 0 Å². The second-order valence-electron chi connectivity index (χ2n) is 15.8. The number of hydrogen-bond donors (Lipinski definition) is 0. The summed E-state index contributed by atoms with van der Waals surface area (Å²) in [5, 5.41) is 5.15. The summed E-state index contributed by atoms with van der Waals surface area (Å²) in [5.74, 6) is 2.66. The quantitative estimate of drug-likeness (QED) is 0.207. The number of ketones is 1. The zero-order valence-corrected chi connectivity index (χ0v) is 26.0. The smallest absolute Gasteiger partial charge is 0.170 e. The Kier molecular flexibility index (Phi) is 5.26. The summed E-state index contributed by atoms with van der Waals surface area (Å²) >= 11 is 0. The standard InChI is InChI=1S/C41H42O3/c1-39-21-22-41(23-26(39)13-16-29-32-17-18-34(42)40(32,2)20-19-33(29)39)43-37-30-14-11-24-7-3-5-9-27(24)35(30)36-28-10-6-4-8-25(28)12-15-31(36)38(37)44-41/h3-12,14-15,26,29,32-33,37-38H,13,16-23H2,1-2H3/t26-,29-,32-,33-,37-,38-,39-,40-/m0/s1. The summed E-state index contributed by atoms with van der Waals surface area (Å²) in [5.41, 5.74) is 5.48. The Balaban J connectivity index is 1.04. The summed E-state index contributed by atoms with van der Waals surface area (Å²) in [6, 6.07) is 26.8. The Hall–Kier alpha value is -3.01. The highest BCUT2D eigenvalue weighted by Crippen LogP contribution is 2.69. The summed E-state index contributed by atoms with van der Waals surface area (Å²) in [7, 11) is 0. The lowest BCUT2D eigenvalue weighted by molar-refractivity contribution is -0.240. The van der Waals surface area contributed by atoms with E-state index in [0.29, 0.717) is 29.0 Å². The monoisotopic (exact) mass is 582 g/mol. The van der Waals surface area contributed by atoms with Crippen LogP contribution in [0.3, 0.4) is 0 Å². The Morgan fingerprint density at radius 2 is 1.30 bits per heavy atom. The minimum Gasteiger partial charge on any atom is -0.339 e. The number of benzene rings is 4. The molecule has 224 valence electrons. The molecule has 1 saturated heterocycles. The van der Waals surface area contributed by atoms with Crippen LogP contribution in [-0.4, -0.2) is 11.6 Å². The van der Waals surface area contributed by atoms with Crippen LogP contribution in [0.25, 0.3) is 32.7 Å². The van der Waals surface area contributed by atoms with E-state index in [-0.39, 0.29) is 17.6 Å². The molecule has 1 spiro atoms. The van der Waals surface area contributed by atoms with Gasteiger partial charge in [0, 0.05) is 24.7 Å². The van der Waals surface area contributed by atoms with E-state index in [1.54, 1.807) is 0 Å². The Bertz CT molecular complexity index is 1780. The highest BCUT2D eigenvalue weighted by Gasteiger charge is 2.64. The summed E-state index contributed by atoms with van der Waals surface area (Å²) in [6.07, 6.45) is 9.68. The van der Waals surface area contributed by atoms with Crippen LogP contribution >= 0.6 is 0 Å². The number of carbonyl (C=O) groups is 1. The molecule has 1 aliphatic heterocycles. The Morgan fingerprint density at radius 3 is 1.95 bits per heavy atom. The molecule has 8 atom stereocenters. The molecule has 0 radical (unpaired) electrons. The van der Waals surface area contributed by atoms with Gasteiger partial charge in [-0.3, -0.25) is 4.79 Å². The zero-order valence-electron chi connectivity index (χ0n) is 26.0. The van der Waals surface area contributed by atoms with Crippen LogP contribution in [0.15, 0.2) is 72.8 Å².